The van der Waals surface area contributed by atoms with Gasteiger partial charge in [-0.2, -0.15) is 0 Å². The summed E-state index contributed by atoms with van der Waals surface area (Å²) in [6.07, 6.45) is 3.86. The van der Waals surface area contributed by atoms with Crippen molar-refractivity contribution in [1.82, 2.24) is 5.43 Å². The van der Waals surface area contributed by atoms with Crippen LogP contribution in [0.1, 0.15) is 33.6 Å². The van der Waals surface area contributed by atoms with Crippen molar-refractivity contribution in [1.29, 1.82) is 0 Å². The summed E-state index contributed by atoms with van der Waals surface area (Å²) in [5, 5.41) is 0. The van der Waals surface area contributed by atoms with Crippen LogP contribution in [-0.4, -0.2) is 5.78 Å². The highest BCUT2D eigenvalue weighted by atomic mass is 16.1. The van der Waals surface area contributed by atoms with Crippen LogP contribution in [0, 0.1) is 16.7 Å². The molecule has 1 fully saturated rings. The van der Waals surface area contributed by atoms with Crippen LogP contribution in [0.5, 0.6) is 0 Å². The predicted octanol–water partition coefficient (Wildman–Crippen LogP) is 3.51. The number of nitrogens with one attached hydrogen (secondary N) is 2. The van der Waals surface area contributed by atoms with E-state index >= 15 is 0 Å². The number of hydrogen-bond donors (Lipinski definition) is 2. The SMILES string of the molecule is CC12CCC(C(=O)C=C1NNc1ccccc1)C2(C)C. The third-order valence-corrected chi connectivity index (χ3v) is 5.57. The van der Waals surface area contributed by atoms with Crippen molar-refractivity contribution >= 4 is 11.5 Å². The standard InChI is InChI=1S/C17H22N2O/c1-16(2)13-9-10-17(16,3)15(11-14(13)20)19-18-12-7-5-4-6-8-12/h4-8,11,13,18-19H,9-10H2,1-3H3. The minimum atomic E-state index is 0.0134. The van der Waals surface area contributed by atoms with Crippen molar-refractivity contribution in [2.75, 3.05) is 5.43 Å². The monoisotopic (exact) mass is 270 g/mol. The van der Waals surface area contributed by atoms with E-state index in [2.05, 4.69) is 31.6 Å². The van der Waals surface area contributed by atoms with Gasteiger partial charge in [0.25, 0.3) is 0 Å². The van der Waals surface area contributed by atoms with Gasteiger partial charge in [0.2, 0.25) is 0 Å². The number of rotatable bonds is 3. The van der Waals surface area contributed by atoms with Crippen molar-refractivity contribution in [3.05, 3.63) is 42.1 Å². The lowest BCUT2D eigenvalue weighted by Gasteiger charge is -2.45. The molecule has 2 N–H and O–H groups in total. The Kier molecular flexibility index (Phi) is 2.89. The Balaban J connectivity index is 1.84. The van der Waals surface area contributed by atoms with Crippen molar-refractivity contribution in [2.24, 2.45) is 16.7 Å². The van der Waals surface area contributed by atoms with Gasteiger partial charge in [0.1, 0.15) is 0 Å². The average molecular weight is 270 g/mol. The molecule has 20 heavy (non-hydrogen) atoms. The van der Waals surface area contributed by atoms with Gasteiger partial charge in [0.05, 0.1) is 5.69 Å². The summed E-state index contributed by atoms with van der Waals surface area (Å²) >= 11 is 0. The van der Waals surface area contributed by atoms with Gasteiger partial charge in [0, 0.05) is 23.1 Å². The first-order valence-electron chi connectivity index (χ1n) is 7.28. The zero-order valence-electron chi connectivity index (χ0n) is 12.4. The summed E-state index contributed by atoms with van der Waals surface area (Å²) in [6.45, 7) is 6.71. The Morgan fingerprint density at radius 2 is 1.80 bits per heavy atom. The maximum atomic E-state index is 12.3. The zero-order valence-corrected chi connectivity index (χ0v) is 12.4. The van der Waals surface area contributed by atoms with Crippen molar-refractivity contribution < 1.29 is 4.79 Å². The molecule has 0 radical (unpaired) electrons. The first-order valence-corrected chi connectivity index (χ1v) is 7.28. The molecule has 2 aliphatic rings. The topological polar surface area (TPSA) is 41.1 Å². The second-order valence-electron chi connectivity index (χ2n) is 6.72. The molecule has 1 aromatic carbocycles. The molecular formula is C17H22N2O. The van der Waals surface area contributed by atoms with Gasteiger partial charge < -0.3 is 10.9 Å². The van der Waals surface area contributed by atoms with E-state index in [1.807, 2.05) is 30.3 Å². The Morgan fingerprint density at radius 1 is 1.10 bits per heavy atom. The largest absolute Gasteiger partial charge is 0.304 e. The molecule has 3 nitrogen and oxygen atoms in total. The molecule has 2 unspecified atom stereocenters. The van der Waals surface area contributed by atoms with Crippen LogP contribution in [0.3, 0.4) is 0 Å². The fourth-order valence-corrected chi connectivity index (χ4v) is 3.72. The summed E-state index contributed by atoms with van der Waals surface area (Å²) in [7, 11) is 0. The highest BCUT2D eigenvalue weighted by Gasteiger charge is 2.58. The summed E-state index contributed by atoms with van der Waals surface area (Å²) in [5.74, 6) is 0.442. The number of ketones is 1. The highest BCUT2D eigenvalue weighted by Crippen LogP contribution is 2.61. The number of carbonyl (C=O) groups excluding carboxylic acids is 1. The predicted molar refractivity (Wildman–Crippen MR) is 80.9 cm³/mol. The lowest BCUT2D eigenvalue weighted by Crippen LogP contribution is -2.46. The number of carbonyl (C=O) groups is 1. The summed E-state index contributed by atoms with van der Waals surface area (Å²) in [6, 6.07) is 9.97. The van der Waals surface area contributed by atoms with E-state index in [0.29, 0.717) is 0 Å². The summed E-state index contributed by atoms with van der Waals surface area (Å²) < 4.78 is 0. The van der Waals surface area contributed by atoms with E-state index in [1.165, 1.54) is 0 Å². The normalized spacial score (nSPS) is 30.9. The van der Waals surface area contributed by atoms with Gasteiger partial charge in [-0.05, 0) is 30.4 Å². The molecule has 3 rings (SSSR count). The second-order valence-corrected chi connectivity index (χ2v) is 6.72. The average Bonchev–Trinajstić information content (AvgIpc) is 2.58. The highest BCUT2D eigenvalue weighted by molar-refractivity contribution is 5.95. The van der Waals surface area contributed by atoms with Gasteiger partial charge in [-0.25, -0.2) is 0 Å². The maximum absolute atomic E-state index is 12.3. The molecule has 0 aromatic heterocycles. The molecular weight excluding hydrogens is 248 g/mol. The molecule has 3 heteroatoms. The van der Waals surface area contributed by atoms with Crippen LogP contribution >= 0.6 is 0 Å². The molecule has 106 valence electrons. The van der Waals surface area contributed by atoms with Gasteiger partial charge in [0.15, 0.2) is 5.78 Å². The maximum Gasteiger partial charge on any atom is 0.161 e. The summed E-state index contributed by atoms with van der Waals surface area (Å²) in [4.78, 5) is 12.3. The van der Waals surface area contributed by atoms with Crippen LogP contribution in [0.25, 0.3) is 0 Å². The first kappa shape index (κ1) is 13.2. The second kappa shape index (κ2) is 4.37. The fraction of sp³-hybridized carbons (Fsp3) is 0.471. The number of hydrazine groups is 1. The van der Waals surface area contributed by atoms with E-state index in [-0.39, 0.29) is 22.5 Å². The molecule has 0 aliphatic heterocycles. The van der Waals surface area contributed by atoms with Crippen molar-refractivity contribution in [3.8, 4) is 0 Å². The van der Waals surface area contributed by atoms with Crippen LogP contribution in [0.2, 0.25) is 0 Å². The number of anilines is 1. The molecule has 0 spiro atoms. The van der Waals surface area contributed by atoms with E-state index in [4.69, 9.17) is 0 Å². The van der Waals surface area contributed by atoms with Gasteiger partial charge >= 0.3 is 0 Å². The molecule has 2 bridgehead atoms. The molecule has 0 saturated heterocycles. The third-order valence-electron chi connectivity index (χ3n) is 5.57. The Hall–Kier alpha value is -1.77. The smallest absolute Gasteiger partial charge is 0.161 e. The number of allylic oxidation sites excluding steroid dienone is 2. The summed E-state index contributed by atoms with van der Waals surface area (Å²) in [5.41, 5.74) is 8.56. The molecule has 0 heterocycles. The fourth-order valence-electron chi connectivity index (χ4n) is 3.72. The van der Waals surface area contributed by atoms with E-state index < -0.39 is 0 Å². The number of para-hydroxylation sites is 1. The Labute approximate surface area is 120 Å². The lowest BCUT2D eigenvalue weighted by atomic mass is 9.60. The number of benzene rings is 1. The Morgan fingerprint density at radius 3 is 2.50 bits per heavy atom. The molecule has 0 amide bonds. The number of hydrogen-bond acceptors (Lipinski definition) is 3. The molecule has 2 atom stereocenters. The van der Waals surface area contributed by atoms with Gasteiger partial charge in [-0.1, -0.05) is 39.0 Å². The first-order chi connectivity index (χ1) is 9.45. The zero-order chi connectivity index (χ0) is 14.4. The van der Waals surface area contributed by atoms with Crippen LogP contribution < -0.4 is 10.9 Å². The number of fused-ring (bicyclic) bond motifs is 2. The van der Waals surface area contributed by atoms with Crippen LogP contribution in [-0.2, 0) is 4.79 Å². The van der Waals surface area contributed by atoms with E-state index in [0.717, 1.165) is 24.2 Å². The van der Waals surface area contributed by atoms with Crippen molar-refractivity contribution in [3.63, 3.8) is 0 Å². The van der Waals surface area contributed by atoms with Crippen LogP contribution in [0.15, 0.2) is 42.1 Å². The van der Waals surface area contributed by atoms with Crippen molar-refractivity contribution in [2.45, 2.75) is 33.6 Å². The minimum absolute atomic E-state index is 0.0134. The third kappa shape index (κ3) is 1.76. The lowest BCUT2D eigenvalue weighted by molar-refractivity contribution is -0.123. The molecule has 2 aliphatic carbocycles. The van der Waals surface area contributed by atoms with E-state index in [9.17, 15) is 4.79 Å². The Bertz CT molecular complexity index is 562. The molecule has 1 aromatic rings. The van der Waals surface area contributed by atoms with Crippen LogP contribution in [0.4, 0.5) is 5.69 Å². The van der Waals surface area contributed by atoms with Gasteiger partial charge in [-0.15, -0.1) is 0 Å². The minimum Gasteiger partial charge on any atom is -0.304 e. The molecule has 1 saturated carbocycles. The van der Waals surface area contributed by atoms with Gasteiger partial charge in [-0.3, -0.25) is 4.79 Å². The quantitative estimate of drug-likeness (QED) is 0.826. The van der Waals surface area contributed by atoms with E-state index in [1.54, 1.807) is 6.08 Å².